The molecule has 2 aromatic heterocycles. The van der Waals surface area contributed by atoms with Crippen LogP contribution in [-0.4, -0.2) is 27.9 Å². The zero-order valence-corrected chi connectivity index (χ0v) is 15.2. The summed E-state index contributed by atoms with van der Waals surface area (Å²) in [6.45, 7) is 2.95. The second-order valence-electron chi connectivity index (χ2n) is 5.32. The zero-order valence-electron chi connectivity index (χ0n) is 13.6. The van der Waals surface area contributed by atoms with Gasteiger partial charge in [-0.15, -0.1) is 0 Å². The molecule has 2 heterocycles. The molecule has 0 fully saturated rings. The molecule has 0 radical (unpaired) electrons. The highest BCUT2D eigenvalue weighted by Gasteiger charge is 2.13. The van der Waals surface area contributed by atoms with E-state index in [1.807, 2.05) is 31.2 Å². The quantitative estimate of drug-likeness (QED) is 0.660. The van der Waals surface area contributed by atoms with E-state index in [0.29, 0.717) is 11.2 Å². The van der Waals surface area contributed by atoms with Gasteiger partial charge in [0.2, 0.25) is 5.91 Å². The molecule has 0 unspecified atom stereocenters. The monoisotopic (exact) mass is 404 g/mol. The average molecular weight is 405 g/mol. The van der Waals surface area contributed by atoms with Crippen molar-refractivity contribution >= 4 is 38.8 Å². The van der Waals surface area contributed by atoms with Crippen LogP contribution in [0.15, 0.2) is 45.5 Å². The van der Waals surface area contributed by atoms with Crippen molar-refractivity contribution in [2.75, 3.05) is 6.54 Å². The summed E-state index contributed by atoms with van der Waals surface area (Å²) in [5.41, 5.74) is 1.93. The largest absolute Gasteiger partial charge is 0.444 e. The predicted molar refractivity (Wildman–Crippen MR) is 96.0 cm³/mol. The summed E-state index contributed by atoms with van der Waals surface area (Å²) >= 11 is 3.12. The molecule has 0 atom stereocenters. The molecule has 2 amide bonds. The molecule has 25 heavy (non-hydrogen) atoms. The van der Waals surface area contributed by atoms with Gasteiger partial charge >= 0.3 is 0 Å². The van der Waals surface area contributed by atoms with Crippen LogP contribution in [0.5, 0.6) is 0 Å². The van der Waals surface area contributed by atoms with Crippen molar-refractivity contribution < 1.29 is 14.0 Å². The molecule has 0 aliphatic carbocycles. The number of benzene rings is 1. The maximum atomic E-state index is 12.0. The summed E-state index contributed by atoms with van der Waals surface area (Å²) in [4.78, 5) is 28.3. The van der Waals surface area contributed by atoms with Gasteiger partial charge in [0.15, 0.2) is 10.4 Å². The summed E-state index contributed by atoms with van der Waals surface area (Å²) in [6, 6.07) is 11.0. The van der Waals surface area contributed by atoms with E-state index < -0.39 is 5.91 Å². The molecule has 3 rings (SSSR count). The van der Waals surface area contributed by atoms with Crippen molar-refractivity contribution in [3.05, 3.63) is 52.7 Å². The topological polar surface area (TPSA) is 89.2 Å². The molecule has 3 aromatic rings. The number of amides is 2. The molecule has 0 aliphatic heterocycles. The number of hydrogen-bond donors (Lipinski definition) is 2. The van der Waals surface area contributed by atoms with E-state index in [0.717, 1.165) is 23.4 Å². The first-order valence-corrected chi connectivity index (χ1v) is 8.62. The molecular weight excluding hydrogens is 388 g/mol. The lowest BCUT2D eigenvalue weighted by molar-refractivity contribution is -0.120. The number of imidazole rings is 1. The highest BCUT2D eigenvalue weighted by atomic mass is 79.9. The highest BCUT2D eigenvalue weighted by molar-refractivity contribution is 9.10. The van der Waals surface area contributed by atoms with Gasteiger partial charge in [0.05, 0.1) is 24.1 Å². The number of hydrogen-bond acceptors (Lipinski definition) is 4. The van der Waals surface area contributed by atoms with E-state index >= 15 is 0 Å². The first-order chi connectivity index (χ1) is 12.1. The van der Waals surface area contributed by atoms with E-state index in [1.54, 1.807) is 6.07 Å². The molecule has 0 saturated heterocycles. The van der Waals surface area contributed by atoms with Crippen LogP contribution in [0.25, 0.3) is 11.0 Å². The molecule has 1 aromatic carbocycles. The van der Waals surface area contributed by atoms with E-state index in [4.69, 9.17) is 4.42 Å². The maximum absolute atomic E-state index is 12.0. The van der Waals surface area contributed by atoms with E-state index in [2.05, 4.69) is 36.1 Å². The Balaban J connectivity index is 1.56. The maximum Gasteiger partial charge on any atom is 0.287 e. The Bertz CT molecular complexity index is 916. The number of furan rings is 1. The lowest BCUT2D eigenvalue weighted by Gasteiger charge is -2.08. The summed E-state index contributed by atoms with van der Waals surface area (Å²) < 4.78 is 7.64. The third-order valence-electron chi connectivity index (χ3n) is 3.70. The van der Waals surface area contributed by atoms with Gasteiger partial charge in [0.25, 0.3) is 5.91 Å². The van der Waals surface area contributed by atoms with Crippen LogP contribution in [0, 0.1) is 0 Å². The Labute approximate surface area is 152 Å². The molecule has 2 N–H and O–H groups in total. The number of aromatic nitrogens is 2. The minimum Gasteiger partial charge on any atom is -0.444 e. The van der Waals surface area contributed by atoms with Crippen LogP contribution in [0.3, 0.4) is 0 Å². The van der Waals surface area contributed by atoms with Crippen molar-refractivity contribution in [3.8, 4) is 0 Å². The Morgan fingerprint density at radius 3 is 2.72 bits per heavy atom. The fraction of sp³-hybridized carbons (Fsp3) is 0.235. The molecule has 0 saturated carbocycles. The van der Waals surface area contributed by atoms with Crippen molar-refractivity contribution in [1.82, 2.24) is 20.2 Å². The number of rotatable bonds is 6. The molecule has 0 spiro atoms. The molecule has 0 aliphatic rings. The van der Waals surface area contributed by atoms with Crippen LogP contribution in [-0.2, 0) is 17.9 Å². The SMILES string of the molecule is CCn1c(CNC(=O)CNC(=O)c2ccc(Br)o2)nc2ccccc21. The smallest absolute Gasteiger partial charge is 0.287 e. The molecule has 8 heteroatoms. The number of halogens is 1. The van der Waals surface area contributed by atoms with Crippen molar-refractivity contribution in [3.63, 3.8) is 0 Å². The van der Waals surface area contributed by atoms with Crippen LogP contribution >= 0.6 is 15.9 Å². The summed E-state index contributed by atoms with van der Waals surface area (Å²) in [6.07, 6.45) is 0. The van der Waals surface area contributed by atoms with Gasteiger partial charge in [-0.25, -0.2) is 4.98 Å². The fourth-order valence-electron chi connectivity index (χ4n) is 2.54. The van der Waals surface area contributed by atoms with E-state index in [9.17, 15) is 9.59 Å². The van der Waals surface area contributed by atoms with Crippen LogP contribution in [0.4, 0.5) is 0 Å². The Hall–Kier alpha value is -2.61. The average Bonchev–Trinajstić information content (AvgIpc) is 3.20. The van der Waals surface area contributed by atoms with Crippen molar-refractivity contribution in [2.24, 2.45) is 0 Å². The lowest BCUT2D eigenvalue weighted by atomic mass is 10.3. The number of carbonyl (C=O) groups is 2. The normalized spacial score (nSPS) is 10.8. The highest BCUT2D eigenvalue weighted by Crippen LogP contribution is 2.16. The van der Waals surface area contributed by atoms with Crippen LogP contribution in [0.1, 0.15) is 23.3 Å². The second-order valence-corrected chi connectivity index (χ2v) is 6.11. The molecule has 130 valence electrons. The standard InChI is InChI=1S/C17H17BrN4O3/c1-2-22-12-6-4-3-5-11(12)21-15(22)9-19-16(23)10-20-17(24)13-7-8-14(18)25-13/h3-8H,2,9-10H2,1H3,(H,19,23)(H,20,24). The Kier molecular flexibility index (Phi) is 5.18. The first-order valence-electron chi connectivity index (χ1n) is 7.83. The van der Waals surface area contributed by atoms with Gasteiger partial charge in [0.1, 0.15) is 5.82 Å². The third kappa shape index (κ3) is 3.90. The second kappa shape index (κ2) is 7.52. The number of aryl methyl sites for hydroxylation is 1. The first kappa shape index (κ1) is 17.2. The predicted octanol–water partition coefficient (Wildman–Crippen LogP) is 2.46. The van der Waals surface area contributed by atoms with E-state index in [1.165, 1.54) is 6.07 Å². The van der Waals surface area contributed by atoms with Crippen molar-refractivity contribution in [1.29, 1.82) is 0 Å². The van der Waals surface area contributed by atoms with Crippen LogP contribution in [0.2, 0.25) is 0 Å². The Morgan fingerprint density at radius 2 is 2.00 bits per heavy atom. The lowest BCUT2D eigenvalue weighted by Crippen LogP contribution is -2.36. The minimum absolute atomic E-state index is 0.135. The van der Waals surface area contributed by atoms with Gasteiger partial charge in [0, 0.05) is 6.54 Å². The molecule has 7 nitrogen and oxygen atoms in total. The molecule has 0 bridgehead atoms. The summed E-state index contributed by atoms with van der Waals surface area (Å²) in [7, 11) is 0. The van der Waals surface area contributed by atoms with Gasteiger partial charge in [-0.3, -0.25) is 9.59 Å². The third-order valence-corrected chi connectivity index (χ3v) is 4.13. The number of nitrogens with one attached hydrogen (secondary N) is 2. The van der Waals surface area contributed by atoms with Crippen LogP contribution < -0.4 is 10.6 Å². The summed E-state index contributed by atoms with van der Waals surface area (Å²) in [5, 5.41) is 5.28. The number of nitrogens with zero attached hydrogens (tertiary/aromatic N) is 2. The van der Waals surface area contributed by atoms with Crippen molar-refractivity contribution in [2.45, 2.75) is 20.0 Å². The number of carbonyl (C=O) groups excluding carboxylic acids is 2. The van der Waals surface area contributed by atoms with E-state index in [-0.39, 0.29) is 18.2 Å². The summed E-state index contributed by atoms with van der Waals surface area (Å²) in [5.74, 6) is 0.182. The minimum atomic E-state index is -0.443. The zero-order chi connectivity index (χ0) is 17.8. The van der Waals surface area contributed by atoms with Gasteiger partial charge < -0.3 is 19.6 Å². The Morgan fingerprint density at radius 1 is 1.20 bits per heavy atom. The van der Waals surface area contributed by atoms with Gasteiger partial charge in [-0.05, 0) is 47.1 Å². The van der Waals surface area contributed by atoms with Gasteiger partial charge in [-0.2, -0.15) is 0 Å². The number of para-hydroxylation sites is 2. The fourth-order valence-corrected chi connectivity index (χ4v) is 2.84. The molecular formula is C17H17BrN4O3. The van der Waals surface area contributed by atoms with Gasteiger partial charge in [-0.1, -0.05) is 12.1 Å². The number of fused-ring (bicyclic) bond motifs is 1.